The molecule has 1 atom stereocenters. The molecule has 1 fully saturated rings. The van der Waals surface area contributed by atoms with E-state index in [2.05, 4.69) is 38.0 Å². The van der Waals surface area contributed by atoms with Gasteiger partial charge in [0.2, 0.25) is 0 Å². The van der Waals surface area contributed by atoms with Crippen LogP contribution in [0.2, 0.25) is 0 Å². The van der Waals surface area contributed by atoms with Crippen LogP contribution >= 0.6 is 0 Å². The molecule has 102 valence electrons. The second kappa shape index (κ2) is 8.06. The summed E-state index contributed by atoms with van der Waals surface area (Å²) >= 11 is 0. The molecule has 1 unspecified atom stereocenters. The highest BCUT2D eigenvalue weighted by Crippen LogP contribution is 2.17. The van der Waals surface area contributed by atoms with E-state index in [4.69, 9.17) is 4.74 Å². The summed E-state index contributed by atoms with van der Waals surface area (Å²) in [6, 6.07) is 1.27. The van der Waals surface area contributed by atoms with Gasteiger partial charge in [-0.05, 0) is 45.7 Å². The quantitative estimate of drug-likeness (QED) is 0.740. The van der Waals surface area contributed by atoms with Crippen LogP contribution < -0.4 is 5.32 Å². The molecule has 0 aromatic carbocycles. The number of rotatable bonds is 7. The lowest BCUT2D eigenvalue weighted by Crippen LogP contribution is -2.38. The van der Waals surface area contributed by atoms with Crippen molar-refractivity contribution in [2.24, 2.45) is 5.92 Å². The fourth-order valence-electron chi connectivity index (χ4n) is 2.32. The summed E-state index contributed by atoms with van der Waals surface area (Å²) in [5.41, 5.74) is 0. The molecule has 1 saturated heterocycles. The van der Waals surface area contributed by atoms with Crippen LogP contribution in [-0.4, -0.2) is 50.3 Å². The monoisotopic (exact) mass is 242 g/mol. The minimum absolute atomic E-state index is 0.600. The van der Waals surface area contributed by atoms with Crippen molar-refractivity contribution in [2.45, 2.75) is 52.1 Å². The third-order valence-corrected chi connectivity index (χ3v) is 3.75. The van der Waals surface area contributed by atoms with Crippen molar-refractivity contribution in [2.75, 3.05) is 33.4 Å². The molecule has 3 heteroatoms. The topological polar surface area (TPSA) is 24.5 Å². The summed E-state index contributed by atoms with van der Waals surface area (Å²) in [5, 5.41) is 3.49. The molecule has 0 aromatic heterocycles. The van der Waals surface area contributed by atoms with E-state index >= 15 is 0 Å². The maximum Gasteiger partial charge on any atom is 0.0469 e. The predicted molar refractivity (Wildman–Crippen MR) is 73.4 cm³/mol. The molecule has 0 amide bonds. The Bertz CT molecular complexity index is 191. The van der Waals surface area contributed by atoms with Crippen molar-refractivity contribution in [3.05, 3.63) is 0 Å². The van der Waals surface area contributed by atoms with Crippen LogP contribution in [0.4, 0.5) is 0 Å². The van der Waals surface area contributed by atoms with Gasteiger partial charge < -0.3 is 15.0 Å². The third-order valence-electron chi connectivity index (χ3n) is 3.75. The lowest BCUT2D eigenvalue weighted by Gasteiger charge is -2.31. The molecule has 0 radical (unpaired) electrons. The summed E-state index contributed by atoms with van der Waals surface area (Å²) in [6.07, 6.45) is 3.71. The molecule has 1 N–H and O–H groups in total. The van der Waals surface area contributed by atoms with Gasteiger partial charge >= 0.3 is 0 Å². The van der Waals surface area contributed by atoms with Crippen LogP contribution in [0.1, 0.15) is 40.0 Å². The van der Waals surface area contributed by atoms with Crippen LogP contribution in [0.5, 0.6) is 0 Å². The number of ether oxygens (including phenoxy) is 1. The van der Waals surface area contributed by atoms with Crippen molar-refractivity contribution in [1.82, 2.24) is 10.2 Å². The molecule has 1 aliphatic rings. The number of hydrogen-bond acceptors (Lipinski definition) is 3. The minimum Gasteiger partial charge on any atom is -0.381 e. The second-order valence-electron chi connectivity index (χ2n) is 5.74. The Morgan fingerprint density at radius 1 is 1.24 bits per heavy atom. The van der Waals surface area contributed by atoms with Gasteiger partial charge in [0.1, 0.15) is 0 Å². The summed E-state index contributed by atoms with van der Waals surface area (Å²) in [4.78, 5) is 2.51. The van der Waals surface area contributed by atoms with Gasteiger partial charge in [0.25, 0.3) is 0 Å². The molecule has 17 heavy (non-hydrogen) atoms. The van der Waals surface area contributed by atoms with E-state index in [-0.39, 0.29) is 0 Å². The van der Waals surface area contributed by atoms with Crippen LogP contribution in [-0.2, 0) is 4.74 Å². The van der Waals surface area contributed by atoms with E-state index in [1.807, 2.05) is 0 Å². The summed E-state index contributed by atoms with van der Waals surface area (Å²) < 4.78 is 5.40. The maximum atomic E-state index is 5.40. The molecular formula is C14H30N2O. The van der Waals surface area contributed by atoms with E-state index in [0.29, 0.717) is 12.1 Å². The third kappa shape index (κ3) is 6.39. The van der Waals surface area contributed by atoms with E-state index in [1.165, 1.54) is 25.8 Å². The molecule has 0 aliphatic carbocycles. The first-order valence-corrected chi connectivity index (χ1v) is 7.11. The van der Waals surface area contributed by atoms with Gasteiger partial charge in [-0.3, -0.25) is 0 Å². The highest BCUT2D eigenvalue weighted by Gasteiger charge is 2.18. The first-order chi connectivity index (χ1) is 8.09. The molecule has 0 spiro atoms. The van der Waals surface area contributed by atoms with Crippen LogP contribution in [0.25, 0.3) is 0 Å². The Kier molecular flexibility index (Phi) is 7.09. The maximum absolute atomic E-state index is 5.40. The zero-order valence-electron chi connectivity index (χ0n) is 12.0. The molecule has 0 bridgehead atoms. The zero-order chi connectivity index (χ0) is 12.7. The van der Waals surface area contributed by atoms with Crippen LogP contribution in [0.3, 0.4) is 0 Å². The smallest absolute Gasteiger partial charge is 0.0469 e. The van der Waals surface area contributed by atoms with Crippen molar-refractivity contribution < 1.29 is 4.74 Å². The van der Waals surface area contributed by atoms with Gasteiger partial charge in [-0.2, -0.15) is 0 Å². The summed E-state index contributed by atoms with van der Waals surface area (Å²) in [5.74, 6) is 0.842. The lowest BCUT2D eigenvalue weighted by molar-refractivity contribution is 0.0508. The summed E-state index contributed by atoms with van der Waals surface area (Å²) in [6.45, 7) is 11.0. The van der Waals surface area contributed by atoms with E-state index in [1.54, 1.807) is 0 Å². The molecule has 3 nitrogen and oxygen atoms in total. The van der Waals surface area contributed by atoms with Crippen molar-refractivity contribution in [1.29, 1.82) is 0 Å². The molecule has 1 rings (SSSR count). The van der Waals surface area contributed by atoms with Crippen molar-refractivity contribution >= 4 is 0 Å². The Balaban J connectivity index is 2.14. The Hall–Kier alpha value is -0.120. The summed E-state index contributed by atoms with van der Waals surface area (Å²) in [7, 11) is 2.26. The average molecular weight is 242 g/mol. The van der Waals surface area contributed by atoms with Gasteiger partial charge in [0, 0.05) is 31.8 Å². The van der Waals surface area contributed by atoms with Gasteiger partial charge in [-0.25, -0.2) is 0 Å². The standard InChI is InChI=1S/C14H30N2O/c1-12(2)15-8-5-13(3)16(4)11-14-6-9-17-10-7-14/h12-15H,5-11H2,1-4H3. The van der Waals surface area contributed by atoms with E-state index < -0.39 is 0 Å². The lowest BCUT2D eigenvalue weighted by atomic mass is 9.99. The van der Waals surface area contributed by atoms with Crippen molar-refractivity contribution in [3.63, 3.8) is 0 Å². The number of hydrogen-bond donors (Lipinski definition) is 1. The Morgan fingerprint density at radius 2 is 1.88 bits per heavy atom. The first kappa shape index (κ1) is 14.9. The molecule has 1 heterocycles. The number of nitrogens with zero attached hydrogens (tertiary/aromatic N) is 1. The van der Waals surface area contributed by atoms with Crippen LogP contribution in [0, 0.1) is 5.92 Å². The molecule has 1 aliphatic heterocycles. The highest BCUT2D eigenvalue weighted by molar-refractivity contribution is 4.72. The minimum atomic E-state index is 0.600. The SMILES string of the molecule is CC(C)NCCC(C)N(C)CC1CCOCC1. The van der Waals surface area contributed by atoms with Gasteiger partial charge in [-0.1, -0.05) is 13.8 Å². The van der Waals surface area contributed by atoms with Crippen molar-refractivity contribution in [3.8, 4) is 0 Å². The first-order valence-electron chi connectivity index (χ1n) is 7.11. The molecule has 0 aromatic rings. The highest BCUT2D eigenvalue weighted by atomic mass is 16.5. The number of nitrogens with one attached hydrogen (secondary N) is 1. The Morgan fingerprint density at radius 3 is 2.47 bits per heavy atom. The normalized spacial score (nSPS) is 20.1. The van der Waals surface area contributed by atoms with E-state index in [0.717, 1.165) is 25.7 Å². The molecular weight excluding hydrogens is 212 g/mol. The van der Waals surface area contributed by atoms with Gasteiger partial charge in [-0.15, -0.1) is 0 Å². The average Bonchev–Trinajstić information content (AvgIpc) is 2.29. The largest absolute Gasteiger partial charge is 0.381 e. The fourth-order valence-corrected chi connectivity index (χ4v) is 2.32. The van der Waals surface area contributed by atoms with Crippen LogP contribution in [0.15, 0.2) is 0 Å². The zero-order valence-corrected chi connectivity index (χ0v) is 12.0. The van der Waals surface area contributed by atoms with Gasteiger partial charge in [0.05, 0.1) is 0 Å². The second-order valence-corrected chi connectivity index (χ2v) is 5.74. The fraction of sp³-hybridized carbons (Fsp3) is 1.00. The molecule has 0 saturated carbocycles. The van der Waals surface area contributed by atoms with Gasteiger partial charge in [0.15, 0.2) is 0 Å². The predicted octanol–water partition coefficient (Wildman–Crippen LogP) is 2.12. The Labute approximate surface area is 107 Å². The van der Waals surface area contributed by atoms with E-state index in [9.17, 15) is 0 Å².